The number of benzene rings is 1. The van der Waals surface area contributed by atoms with Crippen LogP contribution >= 0.6 is 0 Å². The summed E-state index contributed by atoms with van der Waals surface area (Å²) in [5.41, 5.74) is 1.35. The molecule has 4 nitrogen and oxygen atoms in total. The topological polar surface area (TPSA) is 33.7 Å². The molecule has 0 radical (unpaired) electrons. The predicted octanol–water partition coefficient (Wildman–Crippen LogP) is 2.45. The molecule has 1 aromatic carbocycles. The lowest BCUT2D eigenvalue weighted by atomic mass is 9.93. The van der Waals surface area contributed by atoms with Crippen LogP contribution in [0, 0.1) is 5.92 Å². The zero-order chi connectivity index (χ0) is 14.7. The van der Waals surface area contributed by atoms with Gasteiger partial charge in [-0.2, -0.15) is 0 Å². The maximum Gasteiger partial charge on any atom is 0.161 e. The summed E-state index contributed by atoms with van der Waals surface area (Å²) in [6.07, 6.45) is 2.45. The predicted molar refractivity (Wildman–Crippen MR) is 84.1 cm³/mol. The van der Waals surface area contributed by atoms with E-state index in [4.69, 9.17) is 9.47 Å². The molecule has 1 N–H and O–H groups in total. The first-order chi connectivity index (χ1) is 10.3. The van der Waals surface area contributed by atoms with Crippen LogP contribution in [0.2, 0.25) is 0 Å². The van der Waals surface area contributed by atoms with E-state index in [0.717, 1.165) is 31.1 Å². The molecule has 116 valence electrons. The van der Waals surface area contributed by atoms with E-state index in [1.165, 1.54) is 18.4 Å². The number of fused-ring (bicyclic) bond motifs is 1. The minimum absolute atomic E-state index is 0.477. The fraction of sp³-hybridized carbons (Fsp3) is 0.647. The Balaban J connectivity index is 1.76. The van der Waals surface area contributed by atoms with Crippen molar-refractivity contribution in [3.63, 3.8) is 0 Å². The van der Waals surface area contributed by atoms with Crippen molar-refractivity contribution in [2.75, 3.05) is 39.9 Å². The maximum absolute atomic E-state index is 5.73. The van der Waals surface area contributed by atoms with E-state index in [2.05, 4.69) is 42.4 Å². The first-order valence-corrected chi connectivity index (χ1v) is 8.10. The molecule has 1 saturated heterocycles. The summed E-state index contributed by atoms with van der Waals surface area (Å²) in [5.74, 6) is 2.45. The summed E-state index contributed by atoms with van der Waals surface area (Å²) < 4.78 is 11.4. The maximum atomic E-state index is 5.73. The van der Waals surface area contributed by atoms with Gasteiger partial charge in [0.1, 0.15) is 13.2 Å². The van der Waals surface area contributed by atoms with Gasteiger partial charge < -0.3 is 14.8 Å². The Kier molecular flexibility index (Phi) is 4.66. The van der Waals surface area contributed by atoms with Gasteiger partial charge in [-0.25, -0.2) is 0 Å². The molecule has 3 rings (SSSR count). The number of hydrogen-bond donors (Lipinski definition) is 1. The molecule has 4 heteroatoms. The fourth-order valence-electron chi connectivity index (χ4n) is 3.47. The van der Waals surface area contributed by atoms with Crippen molar-refractivity contribution in [1.82, 2.24) is 10.2 Å². The smallest absolute Gasteiger partial charge is 0.161 e. The number of nitrogens with zero attached hydrogens (tertiary/aromatic N) is 1. The quantitative estimate of drug-likeness (QED) is 0.845. The molecule has 1 aromatic rings. The van der Waals surface area contributed by atoms with Gasteiger partial charge in [0, 0.05) is 6.04 Å². The Morgan fingerprint density at radius 1 is 1.24 bits per heavy atom. The number of likely N-dealkylation sites (tertiary alicyclic amines) is 1. The molecular formula is C17H26N2O2. The lowest BCUT2D eigenvalue weighted by Crippen LogP contribution is -2.29. The van der Waals surface area contributed by atoms with Crippen molar-refractivity contribution in [2.24, 2.45) is 5.92 Å². The van der Waals surface area contributed by atoms with Gasteiger partial charge in [-0.3, -0.25) is 4.90 Å². The van der Waals surface area contributed by atoms with Crippen LogP contribution in [0.4, 0.5) is 0 Å². The Morgan fingerprint density at radius 3 is 2.86 bits per heavy atom. The second-order valence-electron chi connectivity index (χ2n) is 6.08. The van der Waals surface area contributed by atoms with Gasteiger partial charge >= 0.3 is 0 Å². The molecule has 0 bridgehead atoms. The van der Waals surface area contributed by atoms with Crippen molar-refractivity contribution < 1.29 is 9.47 Å². The molecule has 1 fully saturated rings. The highest BCUT2D eigenvalue weighted by Gasteiger charge is 2.33. The highest BCUT2D eigenvalue weighted by molar-refractivity contribution is 5.45. The van der Waals surface area contributed by atoms with E-state index in [-0.39, 0.29) is 0 Å². The third kappa shape index (κ3) is 3.16. The first kappa shape index (κ1) is 14.7. The molecule has 0 amide bonds. The van der Waals surface area contributed by atoms with E-state index >= 15 is 0 Å². The van der Waals surface area contributed by atoms with Crippen LogP contribution in [0.3, 0.4) is 0 Å². The van der Waals surface area contributed by atoms with Crippen molar-refractivity contribution in [3.05, 3.63) is 23.8 Å². The zero-order valence-corrected chi connectivity index (χ0v) is 13.1. The van der Waals surface area contributed by atoms with E-state index < -0.39 is 0 Å². The third-order valence-electron chi connectivity index (χ3n) is 4.52. The van der Waals surface area contributed by atoms with Gasteiger partial charge in [-0.1, -0.05) is 13.0 Å². The molecule has 0 saturated carbocycles. The summed E-state index contributed by atoms with van der Waals surface area (Å²) in [4.78, 5) is 2.46. The molecule has 2 unspecified atom stereocenters. The SMILES string of the molecule is CCCNCC1CCN(C)C1c1ccc2c(c1)OCCO2. The van der Waals surface area contributed by atoms with Gasteiger partial charge in [0.15, 0.2) is 11.5 Å². The van der Waals surface area contributed by atoms with Crippen molar-refractivity contribution >= 4 is 0 Å². The second kappa shape index (κ2) is 6.67. The van der Waals surface area contributed by atoms with Gasteiger partial charge in [-0.15, -0.1) is 0 Å². The monoisotopic (exact) mass is 290 g/mol. The number of ether oxygens (including phenoxy) is 2. The Hall–Kier alpha value is -1.26. The lowest BCUT2D eigenvalue weighted by Gasteiger charge is -2.27. The summed E-state index contributed by atoms with van der Waals surface area (Å²) in [5, 5.41) is 3.58. The van der Waals surface area contributed by atoms with Crippen molar-refractivity contribution in [2.45, 2.75) is 25.8 Å². The molecule has 2 heterocycles. The average molecular weight is 290 g/mol. The van der Waals surface area contributed by atoms with Crippen molar-refractivity contribution in [3.8, 4) is 11.5 Å². The number of nitrogens with one attached hydrogen (secondary N) is 1. The van der Waals surface area contributed by atoms with Crippen molar-refractivity contribution in [1.29, 1.82) is 0 Å². The summed E-state index contributed by atoms with van der Waals surface area (Å²) in [6.45, 7) is 6.88. The minimum atomic E-state index is 0.477. The van der Waals surface area contributed by atoms with E-state index in [1.54, 1.807) is 0 Å². The highest BCUT2D eigenvalue weighted by Crippen LogP contribution is 2.40. The highest BCUT2D eigenvalue weighted by atomic mass is 16.6. The molecule has 0 aromatic heterocycles. The Morgan fingerprint density at radius 2 is 2.05 bits per heavy atom. The Labute approximate surface area is 127 Å². The van der Waals surface area contributed by atoms with E-state index in [0.29, 0.717) is 25.2 Å². The van der Waals surface area contributed by atoms with Gasteiger partial charge in [0.25, 0.3) is 0 Å². The standard InChI is InChI=1S/C17H26N2O2/c1-3-7-18-12-14-6-8-19(2)17(14)13-4-5-15-16(11-13)21-10-9-20-15/h4-5,11,14,17-18H,3,6-10,12H2,1-2H3. The zero-order valence-electron chi connectivity index (χ0n) is 13.1. The lowest BCUT2D eigenvalue weighted by molar-refractivity contribution is 0.170. The summed E-state index contributed by atoms with van der Waals surface area (Å²) in [7, 11) is 2.22. The van der Waals surface area contributed by atoms with Gasteiger partial charge in [0.05, 0.1) is 0 Å². The number of hydrogen-bond acceptors (Lipinski definition) is 4. The normalized spacial score (nSPS) is 25.2. The summed E-state index contributed by atoms with van der Waals surface area (Å²) in [6, 6.07) is 6.91. The van der Waals surface area contributed by atoms with Crippen LogP contribution in [0.5, 0.6) is 11.5 Å². The minimum Gasteiger partial charge on any atom is -0.486 e. The molecule has 0 spiro atoms. The molecule has 0 aliphatic carbocycles. The van der Waals surface area contributed by atoms with E-state index in [9.17, 15) is 0 Å². The van der Waals surface area contributed by atoms with Gasteiger partial charge in [0.2, 0.25) is 0 Å². The summed E-state index contributed by atoms with van der Waals surface area (Å²) >= 11 is 0. The second-order valence-corrected chi connectivity index (χ2v) is 6.08. The van der Waals surface area contributed by atoms with Crippen LogP contribution in [-0.2, 0) is 0 Å². The number of rotatable bonds is 5. The fourth-order valence-corrected chi connectivity index (χ4v) is 3.47. The third-order valence-corrected chi connectivity index (χ3v) is 4.52. The van der Waals surface area contributed by atoms with Crippen LogP contribution in [0.1, 0.15) is 31.4 Å². The van der Waals surface area contributed by atoms with Crippen LogP contribution in [0.15, 0.2) is 18.2 Å². The van der Waals surface area contributed by atoms with Crippen LogP contribution in [0.25, 0.3) is 0 Å². The largest absolute Gasteiger partial charge is 0.486 e. The van der Waals surface area contributed by atoms with Crippen LogP contribution in [-0.4, -0.2) is 44.8 Å². The Bertz CT molecular complexity index is 478. The molecular weight excluding hydrogens is 264 g/mol. The molecule has 2 atom stereocenters. The van der Waals surface area contributed by atoms with Crippen LogP contribution < -0.4 is 14.8 Å². The molecule has 21 heavy (non-hydrogen) atoms. The van der Waals surface area contributed by atoms with Gasteiger partial charge in [-0.05, 0) is 63.1 Å². The average Bonchev–Trinajstić information content (AvgIpc) is 2.88. The van der Waals surface area contributed by atoms with E-state index in [1.807, 2.05) is 0 Å². The first-order valence-electron chi connectivity index (χ1n) is 8.10. The molecule has 2 aliphatic rings. The molecule has 2 aliphatic heterocycles.